The highest BCUT2D eigenvalue weighted by Gasteiger charge is 2.54. The Morgan fingerprint density at radius 1 is 0.343 bits per heavy atom. The summed E-state index contributed by atoms with van der Waals surface area (Å²) in [6, 6.07) is -0.895. The monoisotopic (exact) mass is 1530 g/mol. The zero-order valence-electron chi connectivity index (χ0n) is 67.8. The van der Waals surface area contributed by atoms with E-state index in [-0.39, 0.29) is 18.9 Å². The van der Waals surface area contributed by atoms with Crippen LogP contribution in [-0.2, 0) is 33.2 Å². The van der Waals surface area contributed by atoms with Crippen molar-refractivity contribution in [3.63, 3.8) is 0 Å². The predicted molar refractivity (Wildman–Crippen MR) is 434 cm³/mol. The molecule has 0 aromatic carbocycles. The summed E-state index contributed by atoms with van der Waals surface area (Å²) in [6.45, 7) is 1.74. The first-order valence-corrected chi connectivity index (χ1v) is 44.2. The number of allylic oxidation sites excluding steroid dienone is 12. The second kappa shape index (κ2) is 68.6. The van der Waals surface area contributed by atoms with E-state index in [1.54, 1.807) is 0 Å². The molecule has 17 atom stereocenters. The Hall–Kier alpha value is -2.77. The van der Waals surface area contributed by atoms with E-state index in [0.717, 1.165) is 89.9 Å². The number of nitrogens with one attached hydrogen (secondary N) is 1. The molecule has 19 nitrogen and oxygen atoms in total. The van der Waals surface area contributed by atoms with Crippen LogP contribution in [0, 0.1) is 0 Å². The summed E-state index contributed by atoms with van der Waals surface area (Å²) in [6.07, 6.45) is 64.3. The number of aliphatic hydroxyl groups is 11. The minimum Gasteiger partial charge on any atom is -0.394 e. The highest BCUT2D eigenvalue weighted by atomic mass is 16.8. The highest BCUT2D eigenvalue weighted by molar-refractivity contribution is 5.76. The van der Waals surface area contributed by atoms with E-state index in [2.05, 4.69) is 92.1 Å². The number of amides is 1. The molecule has 3 aliphatic rings. The van der Waals surface area contributed by atoms with Gasteiger partial charge < -0.3 is 89.9 Å². The number of carbonyl (C=O) groups is 1. The van der Waals surface area contributed by atoms with E-state index >= 15 is 0 Å². The maximum Gasteiger partial charge on any atom is 0.220 e. The number of ether oxygens (including phenoxy) is 6. The fourth-order valence-corrected chi connectivity index (χ4v) is 14.8. The minimum absolute atomic E-state index is 0.242. The zero-order chi connectivity index (χ0) is 78.1. The second-order valence-corrected chi connectivity index (χ2v) is 31.3. The smallest absolute Gasteiger partial charge is 0.220 e. The van der Waals surface area contributed by atoms with Crippen molar-refractivity contribution < 1.29 is 89.4 Å². The lowest BCUT2D eigenvalue weighted by Gasteiger charge is -2.48. The topological polar surface area (TPSA) is 307 Å². The van der Waals surface area contributed by atoms with E-state index < -0.39 is 124 Å². The molecule has 3 aliphatic heterocycles. The van der Waals surface area contributed by atoms with Crippen LogP contribution < -0.4 is 5.32 Å². The molecule has 630 valence electrons. The maximum absolute atomic E-state index is 13.5. The Morgan fingerprint density at radius 2 is 0.639 bits per heavy atom. The van der Waals surface area contributed by atoms with Crippen LogP contribution >= 0.6 is 0 Å². The van der Waals surface area contributed by atoms with Crippen molar-refractivity contribution in [2.45, 2.75) is 458 Å². The van der Waals surface area contributed by atoms with Gasteiger partial charge in [-0.05, 0) is 64.2 Å². The van der Waals surface area contributed by atoms with Crippen LogP contribution in [0.25, 0.3) is 0 Å². The molecule has 0 bridgehead atoms. The van der Waals surface area contributed by atoms with Crippen molar-refractivity contribution >= 4 is 5.91 Å². The van der Waals surface area contributed by atoms with E-state index in [9.17, 15) is 61.0 Å². The third-order valence-electron chi connectivity index (χ3n) is 21.8. The molecule has 0 saturated carbocycles. The minimum atomic E-state index is -1.98. The SMILES string of the molecule is CC/C=C\C/C=C\C/C=C\C/C=C\C/C=C\C/C=C\CCCCCCCCCCCCCCC(=O)NC(COC1OC(CO)C(OC2OC(CO)C(OC3OC(CO)C(O)C(O)C3O)C(O)C2O)C(O)C1O)C(O)CCCCCCCCCCCCCCCCCCCCCCCCCCCCCCCCCC. The van der Waals surface area contributed by atoms with Crippen LogP contribution in [0.3, 0.4) is 0 Å². The molecule has 3 rings (SSSR count). The second-order valence-electron chi connectivity index (χ2n) is 31.3. The summed E-state index contributed by atoms with van der Waals surface area (Å²) in [5.41, 5.74) is 0. The fraction of sp³-hybridized carbons (Fsp3) is 0.854. The van der Waals surface area contributed by atoms with Crippen molar-refractivity contribution in [3.05, 3.63) is 72.9 Å². The number of aliphatic hydroxyl groups excluding tert-OH is 11. The van der Waals surface area contributed by atoms with Gasteiger partial charge in [-0.1, -0.05) is 356 Å². The van der Waals surface area contributed by atoms with Crippen LogP contribution in [0.15, 0.2) is 72.9 Å². The first-order chi connectivity index (χ1) is 52.8. The first-order valence-electron chi connectivity index (χ1n) is 44.2. The zero-order valence-corrected chi connectivity index (χ0v) is 67.8. The van der Waals surface area contributed by atoms with Gasteiger partial charge in [-0.3, -0.25) is 4.79 Å². The molecule has 0 radical (unpaired) electrons. The summed E-state index contributed by atoms with van der Waals surface area (Å²) >= 11 is 0. The van der Waals surface area contributed by atoms with E-state index in [4.69, 9.17) is 28.4 Å². The molecule has 3 fully saturated rings. The quantitative estimate of drug-likeness (QED) is 0.0199. The largest absolute Gasteiger partial charge is 0.394 e. The molecule has 19 heteroatoms. The number of carbonyl (C=O) groups excluding carboxylic acids is 1. The summed E-state index contributed by atoms with van der Waals surface area (Å²) in [4.78, 5) is 13.5. The van der Waals surface area contributed by atoms with Crippen molar-refractivity contribution in [1.29, 1.82) is 0 Å². The lowest BCUT2D eigenvalue weighted by atomic mass is 9.96. The Bertz CT molecular complexity index is 2230. The maximum atomic E-state index is 13.5. The van der Waals surface area contributed by atoms with Gasteiger partial charge in [0.05, 0.1) is 38.6 Å². The number of rotatable bonds is 71. The lowest BCUT2D eigenvalue weighted by molar-refractivity contribution is -0.379. The van der Waals surface area contributed by atoms with Gasteiger partial charge in [0.2, 0.25) is 5.91 Å². The van der Waals surface area contributed by atoms with Gasteiger partial charge in [-0.25, -0.2) is 0 Å². The van der Waals surface area contributed by atoms with Crippen LogP contribution in [-0.4, -0.2) is 193 Å². The van der Waals surface area contributed by atoms with Crippen LogP contribution in [0.4, 0.5) is 0 Å². The number of unbranched alkanes of at least 4 members (excludes halogenated alkanes) is 43. The predicted octanol–water partition coefficient (Wildman–Crippen LogP) is 16.3. The van der Waals surface area contributed by atoms with E-state index in [1.807, 2.05) is 0 Å². The van der Waals surface area contributed by atoms with Gasteiger partial charge in [0, 0.05) is 6.42 Å². The third-order valence-corrected chi connectivity index (χ3v) is 21.8. The van der Waals surface area contributed by atoms with Gasteiger partial charge in [-0.15, -0.1) is 0 Å². The van der Waals surface area contributed by atoms with Crippen molar-refractivity contribution in [2.75, 3.05) is 26.4 Å². The van der Waals surface area contributed by atoms with Gasteiger partial charge >= 0.3 is 0 Å². The Labute approximate surface area is 655 Å². The van der Waals surface area contributed by atoms with Crippen molar-refractivity contribution in [2.24, 2.45) is 0 Å². The molecule has 12 N–H and O–H groups in total. The molecule has 0 aromatic rings. The first kappa shape index (κ1) is 99.4. The third kappa shape index (κ3) is 47.2. The summed E-state index contributed by atoms with van der Waals surface area (Å²) in [5.74, 6) is -0.242. The molecule has 17 unspecified atom stereocenters. The summed E-state index contributed by atoms with van der Waals surface area (Å²) in [7, 11) is 0. The molecule has 0 aliphatic carbocycles. The van der Waals surface area contributed by atoms with Crippen molar-refractivity contribution in [3.8, 4) is 0 Å². The number of hydrogen-bond acceptors (Lipinski definition) is 18. The van der Waals surface area contributed by atoms with Gasteiger partial charge in [0.25, 0.3) is 0 Å². The molecule has 0 spiro atoms. The molecular weight excluding hydrogens is 1370 g/mol. The fourth-order valence-electron chi connectivity index (χ4n) is 14.8. The Balaban J connectivity index is 1.33. The van der Waals surface area contributed by atoms with Gasteiger partial charge in [-0.2, -0.15) is 0 Å². The van der Waals surface area contributed by atoms with E-state index in [0.29, 0.717) is 12.8 Å². The Morgan fingerprint density at radius 3 is 1.00 bits per heavy atom. The summed E-state index contributed by atoms with van der Waals surface area (Å²) in [5, 5.41) is 121. The molecule has 3 saturated heterocycles. The van der Waals surface area contributed by atoms with Crippen LogP contribution in [0.1, 0.15) is 354 Å². The van der Waals surface area contributed by atoms with Crippen LogP contribution in [0.2, 0.25) is 0 Å². The van der Waals surface area contributed by atoms with Gasteiger partial charge in [0.1, 0.15) is 73.2 Å². The Kier molecular flexibility index (Phi) is 63.2. The average Bonchev–Trinajstić information content (AvgIpc) is 0.779. The highest BCUT2D eigenvalue weighted by Crippen LogP contribution is 2.34. The van der Waals surface area contributed by atoms with E-state index in [1.165, 1.54) is 231 Å². The molecular formula is C89H161NO18. The standard InChI is InChI=1S/C89H161NO18/c1-3-5-7-9-11-13-15-17-19-21-23-25-27-29-31-33-35-37-38-40-42-44-46-48-50-52-54-56-58-60-62-64-66-73(94)72(90-77(95)67-65-63-61-59-57-55-53-51-49-47-45-43-41-39-36-34-32-30-28-26-24-22-20-18-16-14-12-10-8-6-4-2)71-103-87-83(101)80(98)85(75(69-92)105-87)108-89-84(102)81(99)86(76(70-93)106-89)107-88-82(100)79(97)78(96)74(68-91)104-88/h6,8,12,14,18,20,24,26,30,32,36,39,72-76,78-89,91-94,96-102H,3-5,7,9-11,13,15-17,19,21-23,25,27-29,31,33-35,37-38,40-71H2,1-2H3,(H,90,95)/b8-6-,14-12-,20-18-,26-24-,32-30-,39-36-. The normalized spacial score (nSPS) is 25.7. The molecule has 108 heavy (non-hydrogen) atoms. The van der Waals surface area contributed by atoms with Crippen molar-refractivity contribution in [1.82, 2.24) is 5.32 Å². The lowest BCUT2D eigenvalue weighted by Crippen LogP contribution is -2.66. The summed E-state index contributed by atoms with van der Waals surface area (Å²) < 4.78 is 34.6. The molecule has 1 amide bonds. The average molecular weight is 1530 g/mol. The molecule has 3 heterocycles. The van der Waals surface area contributed by atoms with Crippen LogP contribution in [0.5, 0.6) is 0 Å². The molecule has 0 aromatic heterocycles. The van der Waals surface area contributed by atoms with Gasteiger partial charge in [0.15, 0.2) is 18.9 Å². The number of hydrogen-bond donors (Lipinski definition) is 12.